The number of anilines is 1. The Bertz CT molecular complexity index is 1170. The van der Waals surface area contributed by atoms with Gasteiger partial charge in [0.2, 0.25) is 5.91 Å². The Labute approximate surface area is 184 Å². The normalized spacial score (nSPS) is 11.2. The van der Waals surface area contributed by atoms with Crippen LogP contribution in [0.25, 0.3) is 21.5 Å². The van der Waals surface area contributed by atoms with Crippen LogP contribution in [-0.2, 0) is 11.3 Å². The van der Waals surface area contributed by atoms with Crippen molar-refractivity contribution in [2.45, 2.75) is 38.9 Å². The molecule has 2 heterocycles. The SMILES string of the molecule is CCCn1c(SCC(=O)Nc2c(C)cccc2C)nnc1-c1csc2ccccc12. The first kappa shape index (κ1) is 20.6. The summed E-state index contributed by atoms with van der Waals surface area (Å²) in [5.41, 5.74) is 4.12. The lowest BCUT2D eigenvalue weighted by molar-refractivity contribution is -0.113. The van der Waals surface area contributed by atoms with Gasteiger partial charge in [-0.1, -0.05) is 55.1 Å². The summed E-state index contributed by atoms with van der Waals surface area (Å²) in [4.78, 5) is 12.6. The number of hydrogen-bond acceptors (Lipinski definition) is 5. The highest BCUT2D eigenvalue weighted by Gasteiger charge is 2.18. The molecule has 7 heteroatoms. The molecule has 0 spiro atoms. The van der Waals surface area contributed by atoms with Crippen molar-refractivity contribution in [3.8, 4) is 11.4 Å². The van der Waals surface area contributed by atoms with Crippen LogP contribution >= 0.6 is 23.1 Å². The number of thiophene rings is 1. The molecule has 2 aromatic heterocycles. The minimum absolute atomic E-state index is 0.0361. The third-order valence-corrected chi connectivity index (χ3v) is 6.89. The average molecular weight is 437 g/mol. The zero-order valence-electron chi connectivity index (χ0n) is 17.3. The van der Waals surface area contributed by atoms with Crippen molar-refractivity contribution in [2.75, 3.05) is 11.1 Å². The fourth-order valence-corrected chi connectivity index (χ4v) is 5.19. The Balaban J connectivity index is 1.54. The van der Waals surface area contributed by atoms with Crippen LogP contribution in [0.5, 0.6) is 0 Å². The lowest BCUT2D eigenvalue weighted by atomic mass is 10.1. The van der Waals surface area contributed by atoms with Crippen LogP contribution < -0.4 is 5.32 Å². The van der Waals surface area contributed by atoms with E-state index in [1.165, 1.54) is 21.8 Å². The highest BCUT2D eigenvalue weighted by Crippen LogP contribution is 2.34. The maximum absolute atomic E-state index is 12.6. The van der Waals surface area contributed by atoms with E-state index in [0.717, 1.165) is 46.3 Å². The molecule has 0 saturated carbocycles. The van der Waals surface area contributed by atoms with Crippen LogP contribution in [0.1, 0.15) is 24.5 Å². The van der Waals surface area contributed by atoms with Crippen molar-refractivity contribution >= 4 is 44.8 Å². The van der Waals surface area contributed by atoms with Gasteiger partial charge in [0.15, 0.2) is 11.0 Å². The molecule has 1 N–H and O–H groups in total. The van der Waals surface area contributed by atoms with Crippen molar-refractivity contribution in [3.05, 3.63) is 59.0 Å². The number of thioether (sulfide) groups is 1. The van der Waals surface area contributed by atoms with Crippen LogP contribution in [0, 0.1) is 13.8 Å². The van der Waals surface area contributed by atoms with Gasteiger partial charge in [-0.25, -0.2) is 0 Å². The van der Waals surface area contributed by atoms with Crippen molar-refractivity contribution in [2.24, 2.45) is 0 Å². The summed E-state index contributed by atoms with van der Waals surface area (Å²) in [6.45, 7) is 6.96. The number of benzene rings is 2. The summed E-state index contributed by atoms with van der Waals surface area (Å²) in [6, 6.07) is 14.4. The molecule has 154 valence electrons. The monoisotopic (exact) mass is 436 g/mol. The Morgan fingerprint density at radius 1 is 1.10 bits per heavy atom. The number of fused-ring (bicyclic) bond motifs is 1. The molecular weight excluding hydrogens is 412 g/mol. The number of aryl methyl sites for hydroxylation is 2. The van der Waals surface area contributed by atoms with Crippen LogP contribution in [0.3, 0.4) is 0 Å². The second-order valence-corrected chi connectivity index (χ2v) is 9.06. The van der Waals surface area contributed by atoms with Crippen LogP contribution in [0.15, 0.2) is 53.0 Å². The number of aromatic nitrogens is 3. The van der Waals surface area contributed by atoms with Crippen molar-refractivity contribution < 1.29 is 4.79 Å². The summed E-state index contributed by atoms with van der Waals surface area (Å²) in [7, 11) is 0. The Morgan fingerprint density at radius 3 is 2.63 bits per heavy atom. The molecule has 5 nitrogen and oxygen atoms in total. The molecule has 30 heavy (non-hydrogen) atoms. The van der Waals surface area contributed by atoms with Crippen molar-refractivity contribution in [1.29, 1.82) is 0 Å². The number of rotatable bonds is 7. The first-order chi connectivity index (χ1) is 14.6. The van der Waals surface area contributed by atoms with Crippen molar-refractivity contribution in [1.82, 2.24) is 14.8 Å². The quantitative estimate of drug-likeness (QED) is 0.366. The Kier molecular flexibility index (Phi) is 6.20. The summed E-state index contributed by atoms with van der Waals surface area (Å²) in [5.74, 6) is 1.12. The van der Waals surface area contributed by atoms with E-state index < -0.39 is 0 Å². The molecule has 0 unspecified atom stereocenters. The number of amides is 1. The highest BCUT2D eigenvalue weighted by atomic mass is 32.2. The zero-order valence-corrected chi connectivity index (χ0v) is 18.9. The van der Waals surface area contributed by atoms with Crippen LogP contribution in [-0.4, -0.2) is 26.4 Å². The lowest BCUT2D eigenvalue weighted by Gasteiger charge is -2.12. The second-order valence-electron chi connectivity index (χ2n) is 7.21. The van der Waals surface area contributed by atoms with Gasteiger partial charge < -0.3 is 9.88 Å². The molecule has 0 fully saturated rings. The van der Waals surface area contributed by atoms with Gasteiger partial charge in [-0.15, -0.1) is 21.5 Å². The topological polar surface area (TPSA) is 59.8 Å². The first-order valence-electron chi connectivity index (χ1n) is 9.97. The molecule has 2 aromatic carbocycles. The fourth-order valence-electron chi connectivity index (χ4n) is 3.49. The third-order valence-electron chi connectivity index (χ3n) is 4.96. The number of carbonyl (C=O) groups excluding carboxylic acids is 1. The van der Waals surface area contributed by atoms with E-state index in [4.69, 9.17) is 0 Å². The number of hydrogen-bond donors (Lipinski definition) is 1. The van der Waals surface area contributed by atoms with E-state index in [1.807, 2.05) is 38.1 Å². The van der Waals surface area contributed by atoms with Crippen LogP contribution in [0.2, 0.25) is 0 Å². The lowest BCUT2D eigenvalue weighted by Crippen LogP contribution is -2.16. The minimum atomic E-state index is -0.0361. The maximum Gasteiger partial charge on any atom is 0.234 e. The molecule has 0 bridgehead atoms. The molecule has 0 atom stereocenters. The third kappa shape index (κ3) is 4.13. The molecule has 0 aliphatic heterocycles. The minimum Gasteiger partial charge on any atom is -0.325 e. The smallest absolute Gasteiger partial charge is 0.234 e. The number of para-hydroxylation sites is 1. The Morgan fingerprint density at radius 2 is 1.87 bits per heavy atom. The number of carbonyl (C=O) groups is 1. The Hall–Kier alpha value is -2.64. The van der Waals surface area contributed by atoms with Gasteiger partial charge in [0.05, 0.1) is 5.75 Å². The molecule has 0 radical (unpaired) electrons. The van der Waals surface area contributed by atoms with E-state index in [0.29, 0.717) is 5.75 Å². The average Bonchev–Trinajstić information content (AvgIpc) is 3.33. The largest absolute Gasteiger partial charge is 0.325 e. The van der Waals surface area contributed by atoms with E-state index >= 15 is 0 Å². The van der Waals surface area contributed by atoms with Gasteiger partial charge in [-0.3, -0.25) is 4.79 Å². The molecule has 1 amide bonds. The van der Waals surface area contributed by atoms with Gasteiger partial charge >= 0.3 is 0 Å². The predicted molar refractivity (Wildman–Crippen MR) is 126 cm³/mol. The maximum atomic E-state index is 12.6. The molecule has 0 aliphatic rings. The molecular formula is C23H24N4OS2. The summed E-state index contributed by atoms with van der Waals surface area (Å²) in [6.07, 6.45) is 0.968. The molecule has 4 aromatic rings. The highest BCUT2D eigenvalue weighted by molar-refractivity contribution is 7.99. The van der Waals surface area contributed by atoms with Gasteiger partial charge in [0.1, 0.15) is 0 Å². The second kappa shape index (κ2) is 9.02. The standard InChI is InChI=1S/C23H24N4OS2/c1-4-12-27-22(18-13-29-19-11-6-5-10-17(18)19)25-26-23(27)30-14-20(28)24-21-15(2)8-7-9-16(21)3/h5-11,13H,4,12,14H2,1-3H3,(H,24,28). The van der Waals surface area contributed by atoms with E-state index in [1.54, 1.807) is 11.3 Å². The molecule has 0 aliphatic carbocycles. The fraction of sp³-hybridized carbons (Fsp3) is 0.261. The number of nitrogens with one attached hydrogen (secondary N) is 1. The van der Waals surface area contributed by atoms with Gasteiger partial charge in [-0.05, 0) is 37.5 Å². The van der Waals surface area contributed by atoms with Gasteiger partial charge in [0, 0.05) is 33.3 Å². The van der Waals surface area contributed by atoms with Crippen molar-refractivity contribution in [3.63, 3.8) is 0 Å². The number of nitrogens with zero attached hydrogens (tertiary/aromatic N) is 3. The zero-order chi connectivity index (χ0) is 21.1. The van der Waals surface area contributed by atoms with Gasteiger partial charge in [0.25, 0.3) is 0 Å². The first-order valence-corrected chi connectivity index (χ1v) is 11.8. The molecule has 0 saturated heterocycles. The summed E-state index contributed by atoms with van der Waals surface area (Å²) in [5, 5.41) is 16.0. The van der Waals surface area contributed by atoms with Crippen LogP contribution in [0.4, 0.5) is 5.69 Å². The predicted octanol–water partition coefficient (Wildman–Crippen LogP) is 5.92. The van der Waals surface area contributed by atoms with Gasteiger partial charge in [-0.2, -0.15) is 0 Å². The van der Waals surface area contributed by atoms with E-state index in [2.05, 4.69) is 50.6 Å². The van der Waals surface area contributed by atoms with E-state index in [-0.39, 0.29) is 5.91 Å². The summed E-state index contributed by atoms with van der Waals surface area (Å²) < 4.78 is 3.37. The van der Waals surface area contributed by atoms with E-state index in [9.17, 15) is 4.79 Å². The summed E-state index contributed by atoms with van der Waals surface area (Å²) >= 11 is 3.15. The molecule has 4 rings (SSSR count).